The van der Waals surface area contributed by atoms with Gasteiger partial charge >= 0.3 is 12.4 Å². The van der Waals surface area contributed by atoms with Gasteiger partial charge in [-0.05, 0) is 25.8 Å². The normalized spacial score (nSPS) is 21.2. The van der Waals surface area contributed by atoms with E-state index in [0.29, 0.717) is 25.7 Å². The van der Waals surface area contributed by atoms with E-state index >= 15 is 0 Å². The third-order valence-electron chi connectivity index (χ3n) is 3.31. The van der Waals surface area contributed by atoms with E-state index in [0.717, 1.165) is 7.05 Å². The molecule has 1 unspecified atom stereocenters. The Kier molecular flexibility index (Phi) is 4.33. The van der Waals surface area contributed by atoms with Crippen LogP contribution in [0.25, 0.3) is 0 Å². The molecule has 0 amide bonds. The van der Waals surface area contributed by atoms with Crippen LogP contribution in [0.15, 0.2) is 0 Å². The van der Waals surface area contributed by atoms with Crippen LogP contribution in [0, 0.1) is 11.8 Å². The quantitative estimate of drug-likeness (QED) is 0.768. The van der Waals surface area contributed by atoms with Gasteiger partial charge in [-0.15, -0.1) is 0 Å². The van der Waals surface area contributed by atoms with Gasteiger partial charge in [0.2, 0.25) is 0 Å². The molecular formula is C10H15F6N. The highest BCUT2D eigenvalue weighted by atomic mass is 19.4. The molecule has 0 spiro atoms. The van der Waals surface area contributed by atoms with Gasteiger partial charge in [0.15, 0.2) is 5.92 Å². The summed E-state index contributed by atoms with van der Waals surface area (Å²) in [6, 6.07) is -1.57. The van der Waals surface area contributed by atoms with E-state index in [4.69, 9.17) is 0 Å². The standard InChI is InChI=1S/C10H15F6N/c1-17-7(6-4-2-3-5-6)8(9(11,12)13)10(14,15)16/h6-8,17H,2-5H2,1H3. The van der Waals surface area contributed by atoms with E-state index in [1.54, 1.807) is 0 Å². The maximum Gasteiger partial charge on any atom is 0.402 e. The van der Waals surface area contributed by atoms with Crippen molar-refractivity contribution in [1.29, 1.82) is 0 Å². The van der Waals surface area contributed by atoms with Crippen LogP contribution in [0.5, 0.6) is 0 Å². The summed E-state index contributed by atoms with van der Waals surface area (Å²) >= 11 is 0. The molecule has 1 fully saturated rings. The maximum absolute atomic E-state index is 12.5. The Morgan fingerprint density at radius 3 is 1.65 bits per heavy atom. The third kappa shape index (κ3) is 3.50. The van der Waals surface area contributed by atoms with Gasteiger partial charge < -0.3 is 5.32 Å². The van der Waals surface area contributed by atoms with Crippen molar-refractivity contribution in [3.63, 3.8) is 0 Å². The first kappa shape index (κ1) is 14.6. The molecule has 1 rings (SSSR count). The molecule has 1 atom stereocenters. The highest BCUT2D eigenvalue weighted by Gasteiger charge is 2.61. The molecule has 7 heteroatoms. The molecule has 17 heavy (non-hydrogen) atoms. The lowest BCUT2D eigenvalue weighted by Gasteiger charge is -2.34. The van der Waals surface area contributed by atoms with Crippen molar-refractivity contribution in [2.24, 2.45) is 11.8 Å². The second kappa shape index (κ2) is 5.04. The summed E-state index contributed by atoms with van der Waals surface area (Å²) < 4.78 is 75.3. The first-order valence-electron chi connectivity index (χ1n) is 5.48. The summed E-state index contributed by atoms with van der Waals surface area (Å²) in [6.45, 7) is 0. The first-order valence-corrected chi connectivity index (χ1v) is 5.48. The monoisotopic (exact) mass is 263 g/mol. The molecule has 1 aliphatic carbocycles. The van der Waals surface area contributed by atoms with Crippen molar-refractivity contribution < 1.29 is 26.3 Å². The lowest BCUT2D eigenvalue weighted by molar-refractivity contribution is -0.294. The maximum atomic E-state index is 12.5. The second-order valence-corrected chi connectivity index (χ2v) is 4.42. The minimum Gasteiger partial charge on any atom is -0.316 e. The van der Waals surface area contributed by atoms with Gasteiger partial charge in [-0.25, -0.2) is 0 Å². The van der Waals surface area contributed by atoms with Crippen molar-refractivity contribution in [1.82, 2.24) is 5.32 Å². The van der Waals surface area contributed by atoms with Gasteiger partial charge in [0.25, 0.3) is 0 Å². The Morgan fingerprint density at radius 1 is 0.941 bits per heavy atom. The minimum atomic E-state index is -5.26. The zero-order chi connectivity index (χ0) is 13.3. The molecule has 0 aromatic heterocycles. The van der Waals surface area contributed by atoms with Crippen LogP contribution >= 0.6 is 0 Å². The van der Waals surface area contributed by atoms with E-state index in [1.165, 1.54) is 0 Å². The van der Waals surface area contributed by atoms with Gasteiger partial charge in [-0.2, -0.15) is 26.3 Å². The molecule has 0 aliphatic heterocycles. The summed E-state index contributed by atoms with van der Waals surface area (Å²) in [6.07, 6.45) is -8.26. The van der Waals surface area contributed by atoms with Crippen LogP contribution < -0.4 is 5.32 Å². The van der Waals surface area contributed by atoms with Crippen LogP contribution in [0.1, 0.15) is 25.7 Å². The van der Waals surface area contributed by atoms with Gasteiger partial charge in [0.1, 0.15) is 0 Å². The van der Waals surface area contributed by atoms with Crippen LogP contribution in [-0.4, -0.2) is 25.4 Å². The number of nitrogens with one attached hydrogen (secondary N) is 1. The largest absolute Gasteiger partial charge is 0.402 e. The fourth-order valence-electron chi connectivity index (χ4n) is 2.58. The summed E-state index contributed by atoms with van der Waals surface area (Å²) in [5, 5.41) is 2.22. The molecule has 0 heterocycles. The molecule has 1 aliphatic rings. The molecule has 102 valence electrons. The highest BCUT2D eigenvalue weighted by molar-refractivity contribution is 4.92. The van der Waals surface area contributed by atoms with Crippen molar-refractivity contribution in [2.75, 3.05) is 7.05 Å². The average molecular weight is 263 g/mol. The minimum absolute atomic E-state index is 0.425. The Morgan fingerprint density at radius 2 is 1.35 bits per heavy atom. The topological polar surface area (TPSA) is 12.0 Å². The Balaban J connectivity index is 2.94. The summed E-state index contributed by atoms with van der Waals surface area (Å²) in [5.41, 5.74) is 0. The molecule has 1 saturated carbocycles. The van der Waals surface area contributed by atoms with Gasteiger partial charge in [-0.1, -0.05) is 12.8 Å². The van der Waals surface area contributed by atoms with E-state index in [9.17, 15) is 26.3 Å². The molecule has 0 bridgehead atoms. The predicted molar refractivity (Wildman–Crippen MR) is 50.4 cm³/mol. The zero-order valence-corrected chi connectivity index (χ0v) is 9.33. The highest BCUT2D eigenvalue weighted by Crippen LogP contribution is 2.45. The molecule has 0 saturated heterocycles. The average Bonchev–Trinajstić information content (AvgIpc) is 2.61. The molecule has 1 N–H and O–H groups in total. The van der Waals surface area contributed by atoms with Crippen LogP contribution in [0.2, 0.25) is 0 Å². The van der Waals surface area contributed by atoms with Crippen LogP contribution in [0.3, 0.4) is 0 Å². The smallest absolute Gasteiger partial charge is 0.316 e. The van der Waals surface area contributed by atoms with E-state index in [-0.39, 0.29) is 0 Å². The number of hydrogen-bond acceptors (Lipinski definition) is 1. The molecule has 0 aromatic rings. The van der Waals surface area contributed by atoms with Gasteiger partial charge in [0, 0.05) is 6.04 Å². The number of hydrogen-bond donors (Lipinski definition) is 1. The van der Waals surface area contributed by atoms with Crippen molar-refractivity contribution in [3.05, 3.63) is 0 Å². The van der Waals surface area contributed by atoms with Crippen molar-refractivity contribution >= 4 is 0 Å². The summed E-state index contributed by atoms with van der Waals surface area (Å²) in [5.74, 6) is -3.82. The van der Waals surface area contributed by atoms with E-state index < -0.39 is 30.2 Å². The Labute approximate surface area is 95.6 Å². The van der Waals surface area contributed by atoms with Gasteiger partial charge in [0.05, 0.1) is 0 Å². The SMILES string of the molecule is CNC(C1CCCC1)C(C(F)(F)F)C(F)(F)F. The van der Waals surface area contributed by atoms with Crippen molar-refractivity contribution in [2.45, 2.75) is 44.1 Å². The summed E-state index contributed by atoms with van der Waals surface area (Å²) in [4.78, 5) is 0. The van der Waals surface area contributed by atoms with E-state index in [2.05, 4.69) is 5.32 Å². The fourth-order valence-corrected chi connectivity index (χ4v) is 2.58. The molecule has 1 nitrogen and oxygen atoms in total. The van der Waals surface area contributed by atoms with Crippen LogP contribution in [0.4, 0.5) is 26.3 Å². The Hall–Kier alpha value is -0.460. The number of rotatable bonds is 3. The number of halogens is 6. The van der Waals surface area contributed by atoms with Gasteiger partial charge in [-0.3, -0.25) is 0 Å². The van der Waals surface area contributed by atoms with Crippen molar-refractivity contribution in [3.8, 4) is 0 Å². The van der Waals surface area contributed by atoms with Crippen LogP contribution in [-0.2, 0) is 0 Å². The molecular weight excluding hydrogens is 248 g/mol. The molecule has 0 aromatic carbocycles. The first-order chi connectivity index (χ1) is 7.68. The Bertz CT molecular complexity index is 226. The second-order valence-electron chi connectivity index (χ2n) is 4.42. The lowest BCUT2D eigenvalue weighted by atomic mass is 9.86. The fraction of sp³-hybridized carbons (Fsp3) is 1.00. The number of alkyl halides is 6. The zero-order valence-electron chi connectivity index (χ0n) is 9.33. The summed E-state index contributed by atoms with van der Waals surface area (Å²) in [7, 11) is 1.16. The van der Waals surface area contributed by atoms with E-state index in [1.807, 2.05) is 0 Å². The lowest BCUT2D eigenvalue weighted by Crippen LogP contribution is -2.52. The predicted octanol–water partition coefficient (Wildman–Crippen LogP) is 3.51. The third-order valence-corrected chi connectivity index (χ3v) is 3.31. The molecule has 0 radical (unpaired) electrons.